The van der Waals surface area contributed by atoms with Crippen molar-refractivity contribution < 1.29 is 5.11 Å². The van der Waals surface area contributed by atoms with Crippen LogP contribution in [0.2, 0.25) is 0 Å². The highest BCUT2D eigenvalue weighted by Gasteiger charge is 2.22. The molecule has 0 spiro atoms. The molecule has 2 unspecified atom stereocenters. The number of aromatic nitrogens is 3. The van der Waals surface area contributed by atoms with Gasteiger partial charge in [0.15, 0.2) is 0 Å². The van der Waals surface area contributed by atoms with Crippen LogP contribution in [0, 0.1) is 0 Å². The second-order valence-electron chi connectivity index (χ2n) is 4.74. The normalized spacial score (nSPS) is 24.6. The molecule has 1 heterocycles. The van der Waals surface area contributed by atoms with Crippen molar-refractivity contribution in [2.45, 2.75) is 57.6 Å². The van der Waals surface area contributed by atoms with Crippen molar-refractivity contribution in [1.29, 1.82) is 0 Å². The van der Waals surface area contributed by atoms with Crippen molar-refractivity contribution in [1.82, 2.24) is 15.0 Å². The summed E-state index contributed by atoms with van der Waals surface area (Å²) in [5.41, 5.74) is 5.64. The SMILES string of the molecule is CCc1nc(N)nc(NC2CCCCCC2O)n1. The Morgan fingerprint density at radius 3 is 2.78 bits per heavy atom. The minimum Gasteiger partial charge on any atom is -0.391 e. The van der Waals surface area contributed by atoms with E-state index in [1.54, 1.807) is 0 Å². The van der Waals surface area contributed by atoms with Crippen molar-refractivity contribution >= 4 is 11.9 Å². The molecule has 1 aliphatic rings. The fourth-order valence-corrected chi connectivity index (χ4v) is 2.28. The molecular formula is C12H21N5O. The summed E-state index contributed by atoms with van der Waals surface area (Å²) in [7, 11) is 0. The highest BCUT2D eigenvalue weighted by molar-refractivity contribution is 5.32. The lowest BCUT2D eigenvalue weighted by Crippen LogP contribution is -2.33. The molecule has 2 atom stereocenters. The maximum absolute atomic E-state index is 10.0. The molecule has 4 N–H and O–H groups in total. The van der Waals surface area contributed by atoms with Crippen LogP contribution in [0.25, 0.3) is 0 Å². The van der Waals surface area contributed by atoms with Crippen molar-refractivity contribution in [3.63, 3.8) is 0 Å². The number of rotatable bonds is 3. The molecule has 1 saturated carbocycles. The van der Waals surface area contributed by atoms with Gasteiger partial charge in [-0.05, 0) is 12.8 Å². The molecule has 0 bridgehead atoms. The number of hydrogen-bond acceptors (Lipinski definition) is 6. The number of aliphatic hydroxyl groups excluding tert-OH is 1. The first-order valence-electron chi connectivity index (χ1n) is 6.64. The summed E-state index contributed by atoms with van der Waals surface area (Å²) < 4.78 is 0. The second kappa shape index (κ2) is 5.95. The molecule has 1 aromatic rings. The van der Waals surface area contributed by atoms with Gasteiger partial charge < -0.3 is 16.2 Å². The summed E-state index contributed by atoms with van der Waals surface area (Å²) in [6.45, 7) is 1.97. The Bertz CT molecular complexity index is 398. The maximum Gasteiger partial charge on any atom is 0.228 e. The molecule has 6 heteroatoms. The topological polar surface area (TPSA) is 97.0 Å². The van der Waals surface area contributed by atoms with Crippen molar-refractivity contribution in [2.24, 2.45) is 0 Å². The number of aryl methyl sites for hydroxylation is 1. The number of nitrogens with two attached hydrogens (primary N) is 1. The lowest BCUT2D eigenvalue weighted by molar-refractivity contribution is 0.144. The van der Waals surface area contributed by atoms with Crippen molar-refractivity contribution in [2.75, 3.05) is 11.1 Å². The van der Waals surface area contributed by atoms with Gasteiger partial charge in [-0.3, -0.25) is 0 Å². The minimum absolute atomic E-state index is 0.0130. The lowest BCUT2D eigenvalue weighted by atomic mass is 10.1. The molecule has 0 radical (unpaired) electrons. The van der Waals surface area contributed by atoms with Crippen LogP contribution in [0.15, 0.2) is 0 Å². The third-order valence-electron chi connectivity index (χ3n) is 3.31. The summed E-state index contributed by atoms with van der Waals surface area (Å²) in [4.78, 5) is 12.4. The van der Waals surface area contributed by atoms with Gasteiger partial charge in [0.25, 0.3) is 0 Å². The van der Waals surface area contributed by atoms with Gasteiger partial charge in [0, 0.05) is 6.42 Å². The monoisotopic (exact) mass is 251 g/mol. The Labute approximate surface area is 107 Å². The second-order valence-corrected chi connectivity index (χ2v) is 4.74. The molecule has 18 heavy (non-hydrogen) atoms. The van der Waals surface area contributed by atoms with E-state index in [1.807, 2.05) is 6.92 Å². The Kier molecular flexibility index (Phi) is 4.30. The Balaban J connectivity index is 2.09. The van der Waals surface area contributed by atoms with Gasteiger partial charge >= 0.3 is 0 Å². The average molecular weight is 251 g/mol. The van der Waals surface area contributed by atoms with Crippen LogP contribution in [0.4, 0.5) is 11.9 Å². The zero-order valence-electron chi connectivity index (χ0n) is 10.8. The van der Waals surface area contributed by atoms with Crippen molar-refractivity contribution in [3.05, 3.63) is 5.82 Å². The Morgan fingerprint density at radius 1 is 1.22 bits per heavy atom. The van der Waals surface area contributed by atoms with Crippen LogP contribution in [-0.2, 0) is 6.42 Å². The van der Waals surface area contributed by atoms with Gasteiger partial charge in [0.1, 0.15) is 5.82 Å². The molecule has 6 nitrogen and oxygen atoms in total. The van der Waals surface area contributed by atoms with Gasteiger partial charge in [0.2, 0.25) is 11.9 Å². The minimum atomic E-state index is -0.337. The predicted octanol–water partition coefficient (Wildman–Crippen LogP) is 1.12. The van der Waals surface area contributed by atoms with E-state index in [9.17, 15) is 5.11 Å². The van der Waals surface area contributed by atoms with Crippen LogP contribution in [0.5, 0.6) is 0 Å². The van der Waals surface area contributed by atoms with Gasteiger partial charge in [-0.2, -0.15) is 15.0 Å². The molecular weight excluding hydrogens is 230 g/mol. The third-order valence-corrected chi connectivity index (χ3v) is 3.31. The van der Waals surface area contributed by atoms with E-state index in [2.05, 4.69) is 20.3 Å². The van der Waals surface area contributed by atoms with Gasteiger partial charge in [-0.15, -0.1) is 0 Å². The molecule has 2 rings (SSSR count). The van der Waals surface area contributed by atoms with Crippen LogP contribution in [0.1, 0.15) is 44.9 Å². The molecule has 0 saturated heterocycles. The molecule has 100 valence electrons. The number of anilines is 2. The van der Waals surface area contributed by atoms with Crippen LogP contribution >= 0.6 is 0 Å². The summed E-state index contributed by atoms with van der Waals surface area (Å²) in [5.74, 6) is 1.38. The first-order valence-corrected chi connectivity index (χ1v) is 6.64. The van der Waals surface area contributed by atoms with E-state index in [1.165, 1.54) is 6.42 Å². The highest BCUT2D eigenvalue weighted by atomic mass is 16.3. The van der Waals surface area contributed by atoms with Gasteiger partial charge in [-0.25, -0.2) is 0 Å². The first-order chi connectivity index (χ1) is 8.69. The summed E-state index contributed by atoms with van der Waals surface area (Å²) in [6, 6.07) is 0.0130. The number of nitrogen functional groups attached to an aromatic ring is 1. The van der Waals surface area contributed by atoms with E-state index in [-0.39, 0.29) is 18.1 Å². The largest absolute Gasteiger partial charge is 0.391 e. The van der Waals surface area contributed by atoms with E-state index in [0.29, 0.717) is 18.2 Å². The Morgan fingerprint density at radius 2 is 2.00 bits per heavy atom. The van der Waals surface area contributed by atoms with E-state index < -0.39 is 0 Å². The van der Waals surface area contributed by atoms with E-state index >= 15 is 0 Å². The number of hydrogen-bond donors (Lipinski definition) is 3. The van der Waals surface area contributed by atoms with Crippen LogP contribution in [-0.4, -0.2) is 32.2 Å². The molecule has 1 fully saturated rings. The maximum atomic E-state index is 10.0. The van der Waals surface area contributed by atoms with Gasteiger partial charge in [0.05, 0.1) is 12.1 Å². The smallest absolute Gasteiger partial charge is 0.228 e. The predicted molar refractivity (Wildman–Crippen MR) is 70.1 cm³/mol. The highest BCUT2D eigenvalue weighted by Crippen LogP contribution is 2.20. The van der Waals surface area contributed by atoms with E-state index in [4.69, 9.17) is 5.73 Å². The van der Waals surface area contributed by atoms with E-state index in [0.717, 1.165) is 25.7 Å². The quantitative estimate of drug-likeness (QED) is 0.697. The average Bonchev–Trinajstić information content (AvgIpc) is 2.54. The summed E-state index contributed by atoms with van der Waals surface area (Å²) in [5, 5.41) is 13.2. The zero-order valence-corrected chi connectivity index (χ0v) is 10.8. The fourth-order valence-electron chi connectivity index (χ4n) is 2.28. The van der Waals surface area contributed by atoms with Crippen molar-refractivity contribution in [3.8, 4) is 0 Å². The molecule has 1 aromatic heterocycles. The number of nitrogens with one attached hydrogen (secondary N) is 1. The summed E-state index contributed by atoms with van der Waals surface area (Å²) in [6.07, 6.45) is 5.53. The standard InChI is InChI=1S/C12H21N5O/c1-2-10-15-11(13)17-12(16-10)14-8-6-4-3-5-7-9(8)18/h8-9,18H,2-7H2,1H3,(H3,13,14,15,16,17). The number of nitrogens with zero attached hydrogens (tertiary/aromatic N) is 3. The Hall–Kier alpha value is -1.43. The van der Waals surface area contributed by atoms with Gasteiger partial charge in [-0.1, -0.05) is 26.2 Å². The fraction of sp³-hybridized carbons (Fsp3) is 0.750. The van der Waals surface area contributed by atoms with Crippen LogP contribution in [0.3, 0.4) is 0 Å². The molecule has 0 aromatic carbocycles. The molecule has 1 aliphatic carbocycles. The molecule has 0 aliphatic heterocycles. The zero-order chi connectivity index (χ0) is 13.0. The number of aliphatic hydroxyl groups is 1. The first kappa shape index (κ1) is 13.0. The third kappa shape index (κ3) is 3.29. The lowest BCUT2D eigenvalue weighted by Gasteiger charge is -2.21. The summed E-state index contributed by atoms with van der Waals surface area (Å²) >= 11 is 0. The van der Waals surface area contributed by atoms with Crippen LogP contribution < -0.4 is 11.1 Å². The molecule has 0 amide bonds.